The Hall–Kier alpha value is -6.45. The zero-order valence-electron chi connectivity index (χ0n) is 67.5. The summed E-state index contributed by atoms with van der Waals surface area (Å²) < 4.78 is 34.4. The second-order valence-corrected chi connectivity index (χ2v) is 29.1. The summed E-state index contributed by atoms with van der Waals surface area (Å²) >= 11 is 0. The lowest BCUT2D eigenvalue weighted by Gasteiger charge is -2.28. The van der Waals surface area contributed by atoms with E-state index in [1.165, 1.54) is 64.2 Å². The molecule has 0 aromatic carbocycles. The lowest BCUT2D eigenvalue weighted by molar-refractivity contribution is -0.870. The molecule has 106 heavy (non-hydrogen) atoms. The van der Waals surface area contributed by atoms with Crippen LogP contribution in [0.5, 0.6) is 0 Å². The summed E-state index contributed by atoms with van der Waals surface area (Å²) in [5.74, 6) is -0.879. The van der Waals surface area contributed by atoms with E-state index in [1.54, 1.807) is 0 Å². The number of allylic oxidation sites excluding steroid dienone is 42. The fourth-order valence-corrected chi connectivity index (χ4v) is 11.1. The van der Waals surface area contributed by atoms with E-state index >= 15 is 0 Å². The van der Waals surface area contributed by atoms with E-state index < -0.39 is 32.5 Å². The molecule has 0 heterocycles. The van der Waals surface area contributed by atoms with Gasteiger partial charge < -0.3 is 27.9 Å². The third-order valence-corrected chi connectivity index (χ3v) is 17.5. The predicted molar refractivity (Wildman–Crippen MR) is 460 cm³/mol. The number of hydrogen-bond donors (Lipinski definition) is 0. The number of likely N-dealkylation sites (N-methyl/N-ethyl adjacent to an activating group) is 1. The van der Waals surface area contributed by atoms with E-state index in [9.17, 15) is 19.0 Å². The van der Waals surface area contributed by atoms with Crippen LogP contribution in [0.15, 0.2) is 255 Å². The van der Waals surface area contributed by atoms with Crippen molar-refractivity contribution < 1.29 is 42.1 Å². The molecule has 592 valence electrons. The van der Waals surface area contributed by atoms with Crippen molar-refractivity contribution in [3.05, 3.63) is 255 Å². The molecule has 0 aromatic rings. The first kappa shape index (κ1) is 99.6. The van der Waals surface area contributed by atoms with Crippen molar-refractivity contribution in [3.8, 4) is 0 Å². The van der Waals surface area contributed by atoms with Gasteiger partial charge >= 0.3 is 11.9 Å². The molecule has 0 bridgehead atoms. The van der Waals surface area contributed by atoms with Crippen LogP contribution in [-0.4, -0.2) is 70.0 Å². The van der Waals surface area contributed by atoms with Crippen LogP contribution in [0, 0.1) is 0 Å². The number of carbonyl (C=O) groups excluding carboxylic acids is 2. The normalized spacial score (nSPS) is 14.4. The Morgan fingerprint density at radius 1 is 0.292 bits per heavy atom. The Labute approximate surface area is 650 Å². The molecule has 0 aliphatic rings. The number of hydrogen-bond acceptors (Lipinski definition) is 8. The largest absolute Gasteiger partial charge is 0.756 e. The fraction of sp³-hybridized carbons (Fsp3) is 0.542. The molecule has 0 saturated heterocycles. The van der Waals surface area contributed by atoms with E-state index in [4.69, 9.17) is 18.5 Å². The van der Waals surface area contributed by atoms with Crippen LogP contribution in [0.3, 0.4) is 0 Å². The quantitative estimate of drug-likeness (QED) is 0.0195. The highest BCUT2D eigenvalue weighted by atomic mass is 31.2. The van der Waals surface area contributed by atoms with Gasteiger partial charge in [0.25, 0.3) is 7.82 Å². The minimum absolute atomic E-state index is 0.0489. The fourth-order valence-electron chi connectivity index (χ4n) is 10.3. The number of unbranched alkanes of at least 4 members (excludes halogenated alkanes) is 17. The van der Waals surface area contributed by atoms with Crippen molar-refractivity contribution in [2.45, 2.75) is 290 Å². The number of ether oxygens (including phenoxy) is 2. The number of phosphoric acid groups is 1. The summed E-state index contributed by atoms with van der Waals surface area (Å²) in [4.78, 5) is 38.2. The van der Waals surface area contributed by atoms with E-state index in [0.717, 1.165) is 180 Å². The molecular weight excluding hydrogens is 1330 g/mol. The third-order valence-electron chi connectivity index (χ3n) is 16.6. The summed E-state index contributed by atoms with van der Waals surface area (Å²) in [5.41, 5.74) is 0. The zero-order valence-corrected chi connectivity index (χ0v) is 68.4. The van der Waals surface area contributed by atoms with Gasteiger partial charge in [-0.3, -0.25) is 14.2 Å². The van der Waals surface area contributed by atoms with Crippen molar-refractivity contribution in [3.63, 3.8) is 0 Å². The lowest BCUT2D eigenvalue weighted by atomic mass is 10.0. The molecule has 0 radical (unpaired) electrons. The Bertz CT molecular complexity index is 2750. The van der Waals surface area contributed by atoms with Crippen LogP contribution >= 0.6 is 7.82 Å². The number of carbonyl (C=O) groups is 2. The molecule has 2 atom stereocenters. The summed E-state index contributed by atoms with van der Waals surface area (Å²) in [6.45, 7) is 3.96. The van der Waals surface area contributed by atoms with Crippen LogP contribution in [0.25, 0.3) is 0 Å². The summed E-state index contributed by atoms with van der Waals surface area (Å²) in [6.07, 6.45) is 135. The Balaban J connectivity index is 4.13. The van der Waals surface area contributed by atoms with Gasteiger partial charge in [0.2, 0.25) is 0 Å². The van der Waals surface area contributed by atoms with Gasteiger partial charge in [-0.2, -0.15) is 0 Å². The SMILES string of the molecule is CC/C=C\C/C=C\C/C=C\C/C=C\C/C=C\C/C=C\C/C=C\C/C=C\C/C=C\C/C=C\C/C=C\C/C=C\CCCCCCC(=O)OC(COC(=O)CCCCCCCCCCCCCCC/C=C\C/C=C\C/C=C\C/C=C\C/C=C\C/C=C\C/C=C\C/C=C\C/C=C\CC)COP(=O)([O-])OCC[N+](C)(C)C. The molecule has 0 aromatic heterocycles. The molecule has 0 saturated carbocycles. The van der Waals surface area contributed by atoms with Crippen molar-refractivity contribution >= 4 is 19.8 Å². The monoisotopic (exact) mass is 1480 g/mol. The number of rotatable bonds is 73. The van der Waals surface area contributed by atoms with Gasteiger partial charge in [-0.1, -0.05) is 353 Å². The highest BCUT2D eigenvalue weighted by Crippen LogP contribution is 2.38. The number of quaternary nitrogens is 1. The van der Waals surface area contributed by atoms with Crippen molar-refractivity contribution in [2.24, 2.45) is 0 Å². The first-order chi connectivity index (χ1) is 52.0. The van der Waals surface area contributed by atoms with Gasteiger partial charge in [-0.05, 0) is 173 Å². The maximum Gasteiger partial charge on any atom is 0.306 e. The van der Waals surface area contributed by atoms with Gasteiger partial charge in [-0.15, -0.1) is 0 Å². The van der Waals surface area contributed by atoms with Gasteiger partial charge in [-0.25, -0.2) is 0 Å². The van der Waals surface area contributed by atoms with Gasteiger partial charge in [0.15, 0.2) is 6.10 Å². The molecule has 0 fully saturated rings. The average Bonchev–Trinajstić information content (AvgIpc) is 0.908. The molecule has 0 aliphatic carbocycles. The minimum atomic E-state index is -4.67. The van der Waals surface area contributed by atoms with Crippen LogP contribution in [0.1, 0.15) is 284 Å². The molecular formula is C96H150NO8P. The van der Waals surface area contributed by atoms with Crippen molar-refractivity contribution in [2.75, 3.05) is 47.5 Å². The highest BCUT2D eigenvalue weighted by molar-refractivity contribution is 7.45. The molecule has 0 spiro atoms. The topological polar surface area (TPSA) is 111 Å². The Kier molecular flexibility index (Phi) is 77.6. The smallest absolute Gasteiger partial charge is 0.306 e. The molecule has 0 aliphatic heterocycles. The first-order valence-corrected chi connectivity index (χ1v) is 42.9. The maximum atomic E-state index is 12.9. The first-order valence-electron chi connectivity index (χ1n) is 41.4. The Morgan fingerprint density at radius 2 is 0.509 bits per heavy atom. The van der Waals surface area contributed by atoms with Crippen LogP contribution in [0.4, 0.5) is 0 Å². The zero-order chi connectivity index (χ0) is 76.8. The van der Waals surface area contributed by atoms with E-state index in [0.29, 0.717) is 23.9 Å². The lowest BCUT2D eigenvalue weighted by Crippen LogP contribution is -2.37. The van der Waals surface area contributed by atoms with E-state index in [2.05, 4.69) is 269 Å². The minimum Gasteiger partial charge on any atom is -0.756 e. The molecule has 0 N–H and O–H groups in total. The molecule has 2 unspecified atom stereocenters. The molecule has 0 amide bonds. The molecule has 0 rings (SSSR count). The number of phosphoric ester groups is 1. The third kappa shape index (κ3) is 86.5. The van der Waals surface area contributed by atoms with Gasteiger partial charge in [0.1, 0.15) is 19.8 Å². The second-order valence-electron chi connectivity index (χ2n) is 27.7. The highest BCUT2D eigenvalue weighted by Gasteiger charge is 2.22. The van der Waals surface area contributed by atoms with Crippen molar-refractivity contribution in [1.82, 2.24) is 0 Å². The number of esters is 2. The maximum absolute atomic E-state index is 12.9. The second kappa shape index (κ2) is 82.6. The van der Waals surface area contributed by atoms with Crippen molar-refractivity contribution in [1.29, 1.82) is 0 Å². The standard InChI is InChI=1S/C96H150NO8P/c1-6-8-10-12-14-16-18-20-22-24-26-28-30-32-34-36-38-40-42-44-46-48-50-52-54-56-58-60-62-64-66-68-70-72-74-76-78-80-82-84-86-88-95(98)102-92-94(93-104-106(100,101)103-91-90-97(3,4)5)105-96(99)89-87-85-83-81-79-77-75-73-71-69-67-65-63-61-59-57-55-53-51-49-47-45-43-41-39-37-35-33-31-29-27-25-23-21-19-17-15-13-11-9-7-2/h8-11,14-17,20-23,26-29,32-35,38-41,44-47,50-53,56-59,63,65,69,71,75,77,94H,6-7,12-13,18-19,24-25,30-31,36-37,42-43,48-49,54-55,60-62,64,66-68,70,72-74,76,78-93H2,1-5H3/b10-8-,11-9-,16-14-,17-15-,22-20-,23-21-,28-26-,29-27-,34-32-,35-33-,40-38-,41-39-,46-44-,47-45-,52-50-,53-51-,58-56-,59-57-,65-63-,71-69-,77-75-. The van der Waals surface area contributed by atoms with E-state index in [1.807, 2.05) is 21.1 Å². The summed E-state index contributed by atoms with van der Waals surface area (Å²) in [6, 6.07) is 0. The van der Waals surface area contributed by atoms with Crippen LogP contribution < -0.4 is 4.89 Å². The summed E-state index contributed by atoms with van der Waals surface area (Å²) in [7, 11) is 1.12. The molecule has 9 nitrogen and oxygen atoms in total. The molecule has 10 heteroatoms. The summed E-state index contributed by atoms with van der Waals surface area (Å²) in [5, 5.41) is 0. The average molecular weight is 1480 g/mol. The number of nitrogens with zero attached hydrogens (tertiary/aromatic N) is 1. The predicted octanol–water partition coefficient (Wildman–Crippen LogP) is 27.8. The van der Waals surface area contributed by atoms with Crippen LogP contribution in [0.2, 0.25) is 0 Å². The van der Waals surface area contributed by atoms with Gasteiger partial charge in [0, 0.05) is 12.8 Å². The van der Waals surface area contributed by atoms with Crippen LogP contribution in [-0.2, 0) is 32.7 Å². The Morgan fingerprint density at radius 3 is 0.755 bits per heavy atom. The van der Waals surface area contributed by atoms with Gasteiger partial charge in [0.05, 0.1) is 27.7 Å². The van der Waals surface area contributed by atoms with E-state index in [-0.39, 0.29) is 26.1 Å².